The van der Waals surface area contributed by atoms with Gasteiger partial charge in [-0.3, -0.25) is 5.43 Å². The van der Waals surface area contributed by atoms with Crippen LogP contribution in [0.5, 0.6) is 0 Å². The maximum absolute atomic E-state index is 5.99. The third-order valence-corrected chi connectivity index (χ3v) is 5.46. The lowest BCUT2D eigenvalue weighted by Crippen LogP contribution is -1.98. The molecule has 5 aromatic rings. The van der Waals surface area contributed by atoms with Crippen LogP contribution < -0.4 is 5.43 Å². The van der Waals surface area contributed by atoms with E-state index in [1.54, 1.807) is 0 Å². The van der Waals surface area contributed by atoms with Gasteiger partial charge in [-0.25, -0.2) is 0 Å². The summed E-state index contributed by atoms with van der Waals surface area (Å²) in [4.78, 5) is 0. The van der Waals surface area contributed by atoms with Crippen molar-refractivity contribution in [1.82, 2.24) is 4.57 Å². The van der Waals surface area contributed by atoms with Gasteiger partial charge in [0.05, 0.1) is 23.1 Å². The average molecular weight is 422 g/mol. The molecule has 0 unspecified atom stereocenters. The number of aromatic nitrogens is 1. The van der Waals surface area contributed by atoms with Crippen molar-refractivity contribution >= 4 is 34.4 Å². The first-order valence-corrected chi connectivity index (χ1v) is 10.5. The number of hydrazone groups is 1. The Labute approximate surface area is 186 Å². The van der Waals surface area contributed by atoms with E-state index in [2.05, 4.69) is 87.9 Å². The summed E-state index contributed by atoms with van der Waals surface area (Å²) in [5.74, 6) is 0. The van der Waals surface area contributed by atoms with Gasteiger partial charge in [0.15, 0.2) is 0 Å². The molecule has 0 aliphatic rings. The second-order valence-corrected chi connectivity index (χ2v) is 7.63. The van der Waals surface area contributed by atoms with Gasteiger partial charge >= 0.3 is 0 Å². The molecule has 0 aliphatic carbocycles. The van der Waals surface area contributed by atoms with E-state index in [4.69, 9.17) is 11.6 Å². The minimum atomic E-state index is 0.701. The molecule has 0 fully saturated rings. The van der Waals surface area contributed by atoms with Gasteiger partial charge in [0, 0.05) is 21.7 Å². The van der Waals surface area contributed by atoms with E-state index >= 15 is 0 Å². The fourth-order valence-corrected chi connectivity index (χ4v) is 3.94. The number of hydrogen-bond donors (Lipinski definition) is 1. The number of hydrogen-bond acceptors (Lipinski definition) is 2. The summed E-state index contributed by atoms with van der Waals surface area (Å²) in [6.07, 6.45) is 1.90. The topological polar surface area (TPSA) is 29.3 Å². The molecule has 4 aromatic carbocycles. The van der Waals surface area contributed by atoms with Crippen molar-refractivity contribution in [3.63, 3.8) is 0 Å². The summed E-state index contributed by atoms with van der Waals surface area (Å²) in [6.45, 7) is 0. The van der Waals surface area contributed by atoms with Gasteiger partial charge in [0.25, 0.3) is 0 Å². The summed E-state index contributed by atoms with van der Waals surface area (Å²) in [5, 5.41) is 6.40. The van der Waals surface area contributed by atoms with Crippen LogP contribution in [0, 0.1) is 0 Å². The van der Waals surface area contributed by atoms with Gasteiger partial charge in [-0.2, -0.15) is 5.10 Å². The zero-order chi connectivity index (χ0) is 21.0. The Morgan fingerprint density at radius 1 is 0.710 bits per heavy atom. The molecule has 0 spiro atoms. The standard InChI is InChI=1S/C27H20ClN3/c28-21-15-17-22(18-16-21)30-29-19-25-24-13-7-8-14-26(24)31(23-11-5-2-6-12-23)27(25)20-9-3-1-4-10-20/h1-19,30H. The normalized spacial score (nSPS) is 11.3. The van der Waals surface area contributed by atoms with E-state index in [0.717, 1.165) is 39.1 Å². The molecule has 0 amide bonds. The Bertz CT molecular complexity index is 1340. The lowest BCUT2D eigenvalue weighted by Gasteiger charge is -2.12. The first kappa shape index (κ1) is 19.2. The molecular weight excluding hydrogens is 402 g/mol. The third kappa shape index (κ3) is 3.83. The Hall–Kier alpha value is -3.82. The van der Waals surface area contributed by atoms with E-state index in [1.807, 2.05) is 42.6 Å². The fourth-order valence-electron chi connectivity index (χ4n) is 3.82. The van der Waals surface area contributed by atoms with E-state index in [1.165, 1.54) is 0 Å². The van der Waals surface area contributed by atoms with Crippen molar-refractivity contribution < 1.29 is 0 Å². The van der Waals surface area contributed by atoms with Crippen molar-refractivity contribution in [3.05, 3.63) is 120 Å². The number of nitrogens with zero attached hydrogens (tertiary/aromatic N) is 2. The molecule has 31 heavy (non-hydrogen) atoms. The number of para-hydroxylation sites is 2. The average Bonchev–Trinajstić information content (AvgIpc) is 3.16. The molecule has 150 valence electrons. The molecule has 1 N–H and O–H groups in total. The van der Waals surface area contributed by atoms with E-state index in [9.17, 15) is 0 Å². The molecular formula is C27H20ClN3. The molecule has 1 heterocycles. The van der Waals surface area contributed by atoms with Gasteiger partial charge in [-0.1, -0.05) is 78.3 Å². The Kier molecular flexibility index (Phi) is 5.26. The van der Waals surface area contributed by atoms with Crippen LogP contribution in [-0.2, 0) is 0 Å². The minimum Gasteiger partial charge on any atom is -0.309 e. The van der Waals surface area contributed by atoms with Gasteiger partial charge < -0.3 is 4.57 Å². The summed E-state index contributed by atoms with van der Waals surface area (Å²) < 4.78 is 2.30. The lowest BCUT2D eigenvalue weighted by molar-refractivity contribution is 1.13. The van der Waals surface area contributed by atoms with Crippen LogP contribution >= 0.6 is 11.6 Å². The molecule has 0 radical (unpaired) electrons. The third-order valence-electron chi connectivity index (χ3n) is 5.21. The Morgan fingerprint density at radius 2 is 1.35 bits per heavy atom. The van der Waals surface area contributed by atoms with Crippen LogP contribution in [0.15, 0.2) is 114 Å². The van der Waals surface area contributed by atoms with Crippen molar-refractivity contribution in [2.24, 2.45) is 5.10 Å². The van der Waals surface area contributed by atoms with Gasteiger partial charge in [-0.15, -0.1) is 0 Å². The number of anilines is 1. The largest absolute Gasteiger partial charge is 0.309 e. The summed E-state index contributed by atoms with van der Waals surface area (Å²) in [7, 11) is 0. The highest BCUT2D eigenvalue weighted by molar-refractivity contribution is 6.30. The number of benzene rings is 4. The predicted octanol–water partition coefficient (Wildman–Crippen LogP) is 7.40. The molecule has 0 aliphatic heterocycles. The SMILES string of the molecule is Clc1ccc(NN=Cc2c(-c3ccccc3)n(-c3ccccc3)c3ccccc23)cc1. The monoisotopic (exact) mass is 421 g/mol. The predicted molar refractivity (Wildman–Crippen MR) is 131 cm³/mol. The Morgan fingerprint density at radius 3 is 2.10 bits per heavy atom. The zero-order valence-corrected chi connectivity index (χ0v) is 17.5. The summed E-state index contributed by atoms with van der Waals surface area (Å²) in [6, 6.07) is 36.8. The number of halogens is 1. The van der Waals surface area contributed by atoms with Gasteiger partial charge in [0.1, 0.15) is 0 Å². The quantitative estimate of drug-likeness (QED) is 0.232. The molecule has 0 saturated carbocycles. The summed E-state index contributed by atoms with van der Waals surface area (Å²) >= 11 is 5.99. The molecule has 5 rings (SSSR count). The van der Waals surface area contributed by atoms with Gasteiger partial charge in [-0.05, 0) is 48.0 Å². The minimum absolute atomic E-state index is 0.701. The van der Waals surface area contributed by atoms with E-state index in [0.29, 0.717) is 5.02 Å². The Balaban J connectivity index is 1.70. The van der Waals surface area contributed by atoms with Crippen LogP contribution in [0.4, 0.5) is 5.69 Å². The maximum Gasteiger partial charge on any atom is 0.0629 e. The van der Waals surface area contributed by atoms with Crippen LogP contribution in [-0.4, -0.2) is 10.8 Å². The summed E-state index contributed by atoms with van der Waals surface area (Å²) in [5.41, 5.74) is 9.55. The second kappa shape index (κ2) is 8.50. The molecule has 1 aromatic heterocycles. The second-order valence-electron chi connectivity index (χ2n) is 7.19. The molecule has 3 nitrogen and oxygen atoms in total. The first-order chi connectivity index (χ1) is 15.3. The van der Waals surface area contributed by atoms with Crippen LogP contribution in [0.3, 0.4) is 0 Å². The van der Waals surface area contributed by atoms with Crippen molar-refractivity contribution in [3.8, 4) is 16.9 Å². The van der Waals surface area contributed by atoms with Crippen LogP contribution in [0.1, 0.15) is 5.56 Å². The highest BCUT2D eigenvalue weighted by atomic mass is 35.5. The molecule has 0 bridgehead atoms. The zero-order valence-electron chi connectivity index (χ0n) is 16.7. The van der Waals surface area contributed by atoms with Crippen molar-refractivity contribution in [1.29, 1.82) is 0 Å². The van der Waals surface area contributed by atoms with Crippen LogP contribution in [0.25, 0.3) is 27.8 Å². The first-order valence-electron chi connectivity index (χ1n) is 10.1. The molecule has 0 saturated heterocycles. The number of fused-ring (bicyclic) bond motifs is 1. The van der Waals surface area contributed by atoms with Crippen LogP contribution in [0.2, 0.25) is 5.02 Å². The highest BCUT2D eigenvalue weighted by Crippen LogP contribution is 2.35. The maximum atomic E-state index is 5.99. The molecule has 4 heteroatoms. The highest BCUT2D eigenvalue weighted by Gasteiger charge is 2.18. The number of nitrogens with one attached hydrogen (secondary N) is 1. The molecule has 0 atom stereocenters. The fraction of sp³-hybridized carbons (Fsp3) is 0. The van der Waals surface area contributed by atoms with E-state index < -0.39 is 0 Å². The smallest absolute Gasteiger partial charge is 0.0629 e. The van der Waals surface area contributed by atoms with E-state index in [-0.39, 0.29) is 0 Å². The van der Waals surface area contributed by atoms with Crippen molar-refractivity contribution in [2.75, 3.05) is 5.43 Å². The van der Waals surface area contributed by atoms with Gasteiger partial charge in [0.2, 0.25) is 0 Å². The lowest BCUT2D eigenvalue weighted by atomic mass is 10.1. The van der Waals surface area contributed by atoms with Crippen molar-refractivity contribution in [2.45, 2.75) is 0 Å². The number of rotatable bonds is 5.